The number of aromatic nitrogens is 2. The fourth-order valence-corrected chi connectivity index (χ4v) is 2.76. The van der Waals surface area contributed by atoms with Crippen molar-refractivity contribution in [2.45, 2.75) is 30.0 Å². The largest absolute Gasteiger partial charge is 0.328 e. The third-order valence-electron chi connectivity index (χ3n) is 2.49. The number of thioether (sulfide) groups is 1. The van der Waals surface area contributed by atoms with Crippen LogP contribution in [0.4, 0.5) is 0 Å². The molecular formula is C14H16ClN3S. The van der Waals surface area contributed by atoms with Crippen LogP contribution in [0, 0.1) is 0 Å². The van der Waals surface area contributed by atoms with Gasteiger partial charge in [0.15, 0.2) is 0 Å². The molecular weight excluding hydrogens is 278 g/mol. The minimum absolute atomic E-state index is 0.110. The molecule has 1 unspecified atom stereocenters. The van der Waals surface area contributed by atoms with Crippen LogP contribution in [0.5, 0.6) is 0 Å². The fraction of sp³-hybridized carbons (Fsp3) is 0.286. The lowest BCUT2D eigenvalue weighted by Crippen LogP contribution is -2.18. The van der Waals surface area contributed by atoms with Crippen LogP contribution in [-0.2, 0) is 12.2 Å². The van der Waals surface area contributed by atoms with E-state index < -0.39 is 0 Å². The molecule has 0 spiro atoms. The molecule has 0 saturated carbocycles. The highest BCUT2D eigenvalue weighted by Gasteiger charge is 2.05. The van der Waals surface area contributed by atoms with E-state index in [9.17, 15) is 0 Å². The number of nitrogens with zero attached hydrogens (tertiary/aromatic N) is 2. The Labute approximate surface area is 122 Å². The lowest BCUT2D eigenvalue weighted by Gasteiger charge is -2.06. The molecule has 19 heavy (non-hydrogen) atoms. The Morgan fingerprint density at radius 2 is 2.11 bits per heavy atom. The first-order valence-corrected chi connectivity index (χ1v) is 7.45. The maximum absolute atomic E-state index is 6.11. The van der Waals surface area contributed by atoms with Crippen molar-refractivity contribution in [3.8, 4) is 0 Å². The summed E-state index contributed by atoms with van der Waals surface area (Å²) >= 11 is 7.75. The Kier molecular flexibility index (Phi) is 5.19. The lowest BCUT2D eigenvalue weighted by atomic mass is 10.2. The van der Waals surface area contributed by atoms with Crippen molar-refractivity contribution in [3.05, 3.63) is 53.1 Å². The summed E-state index contributed by atoms with van der Waals surface area (Å²) < 4.78 is 0. The monoisotopic (exact) mass is 293 g/mol. The Balaban J connectivity index is 2.02. The topological polar surface area (TPSA) is 51.8 Å². The highest BCUT2D eigenvalue weighted by molar-refractivity contribution is 7.98. The van der Waals surface area contributed by atoms with E-state index >= 15 is 0 Å². The van der Waals surface area contributed by atoms with Crippen molar-refractivity contribution in [3.63, 3.8) is 0 Å². The lowest BCUT2D eigenvalue weighted by molar-refractivity contribution is 0.715. The Bertz CT molecular complexity index is 546. The molecule has 1 aromatic heterocycles. The van der Waals surface area contributed by atoms with Gasteiger partial charge in [0, 0.05) is 29.2 Å². The summed E-state index contributed by atoms with van der Waals surface area (Å²) in [6.45, 7) is 1.97. The SMILES string of the molecule is CC(N)Cc1ccnc(CSc2ccccc2Cl)n1. The highest BCUT2D eigenvalue weighted by Crippen LogP contribution is 2.28. The van der Waals surface area contributed by atoms with Gasteiger partial charge >= 0.3 is 0 Å². The number of rotatable bonds is 5. The second-order valence-electron chi connectivity index (χ2n) is 4.36. The molecule has 1 atom stereocenters. The number of hydrogen-bond acceptors (Lipinski definition) is 4. The highest BCUT2D eigenvalue weighted by atomic mass is 35.5. The first kappa shape index (κ1) is 14.3. The van der Waals surface area contributed by atoms with E-state index in [2.05, 4.69) is 9.97 Å². The van der Waals surface area contributed by atoms with E-state index in [1.165, 1.54) is 0 Å². The maximum Gasteiger partial charge on any atom is 0.138 e. The third kappa shape index (κ3) is 4.49. The van der Waals surface area contributed by atoms with Crippen molar-refractivity contribution in [1.29, 1.82) is 0 Å². The molecule has 0 aliphatic heterocycles. The summed E-state index contributed by atoms with van der Waals surface area (Å²) in [6.07, 6.45) is 2.56. The van der Waals surface area contributed by atoms with Crippen LogP contribution in [0.15, 0.2) is 41.4 Å². The summed E-state index contributed by atoms with van der Waals surface area (Å²) in [5.41, 5.74) is 6.76. The van der Waals surface area contributed by atoms with Gasteiger partial charge in [0.1, 0.15) is 5.82 Å². The van der Waals surface area contributed by atoms with Crippen LogP contribution in [0.1, 0.15) is 18.4 Å². The zero-order chi connectivity index (χ0) is 13.7. The number of halogens is 1. The van der Waals surface area contributed by atoms with Crippen molar-refractivity contribution in [2.75, 3.05) is 0 Å². The molecule has 3 nitrogen and oxygen atoms in total. The number of nitrogens with two attached hydrogens (primary N) is 1. The van der Waals surface area contributed by atoms with Gasteiger partial charge in [-0.3, -0.25) is 0 Å². The molecule has 0 aliphatic carbocycles. The van der Waals surface area contributed by atoms with Gasteiger partial charge in [0.2, 0.25) is 0 Å². The van der Waals surface area contributed by atoms with Crippen LogP contribution >= 0.6 is 23.4 Å². The zero-order valence-electron chi connectivity index (χ0n) is 10.7. The van der Waals surface area contributed by atoms with Crippen LogP contribution < -0.4 is 5.73 Å². The van der Waals surface area contributed by atoms with Crippen LogP contribution in [0.25, 0.3) is 0 Å². The van der Waals surface area contributed by atoms with E-state index in [0.29, 0.717) is 5.75 Å². The fourth-order valence-electron chi connectivity index (χ4n) is 1.66. The van der Waals surface area contributed by atoms with Gasteiger partial charge in [0.05, 0.1) is 10.8 Å². The normalized spacial score (nSPS) is 12.4. The van der Waals surface area contributed by atoms with Gasteiger partial charge in [-0.1, -0.05) is 23.7 Å². The van der Waals surface area contributed by atoms with Crippen LogP contribution in [0.3, 0.4) is 0 Å². The van der Waals surface area contributed by atoms with Crippen LogP contribution in [-0.4, -0.2) is 16.0 Å². The predicted molar refractivity (Wildman–Crippen MR) is 80.4 cm³/mol. The average molecular weight is 294 g/mol. The molecule has 5 heteroatoms. The summed E-state index contributed by atoms with van der Waals surface area (Å²) in [4.78, 5) is 9.82. The van der Waals surface area contributed by atoms with Crippen molar-refractivity contribution in [2.24, 2.45) is 5.73 Å². The molecule has 0 bridgehead atoms. The summed E-state index contributed by atoms with van der Waals surface area (Å²) in [5.74, 6) is 1.51. The minimum atomic E-state index is 0.110. The smallest absolute Gasteiger partial charge is 0.138 e. The van der Waals surface area contributed by atoms with Crippen molar-refractivity contribution < 1.29 is 0 Å². The van der Waals surface area contributed by atoms with Crippen LogP contribution in [0.2, 0.25) is 5.02 Å². The van der Waals surface area contributed by atoms with E-state index in [4.69, 9.17) is 17.3 Å². The van der Waals surface area contributed by atoms with Gasteiger partial charge in [-0.2, -0.15) is 0 Å². The molecule has 0 aliphatic rings. The van der Waals surface area contributed by atoms with E-state index in [1.807, 2.05) is 37.3 Å². The molecule has 1 heterocycles. The molecule has 0 fully saturated rings. The third-order valence-corrected chi connectivity index (χ3v) is 4.00. The first-order valence-electron chi connectivity index (χ1n) is 6.09. The molecule has 2 rings (SSSR count). The zero-order valence-corrected chi connectivity index (χ0v) is 12.3. The standard InChI is InChI=1S/C14H16ClN3S/c1-10(16)8-11-6-7-17-14(18-11)9-19-13-5-3-2-4-12(13)15/h2-7,10H,8-9,16H2,1H3. The quantitative estimate of drug-likeness (QED) is 0.859. The minimum Gasteiger partial charge on any atom is -0.328 e. The Morgan fingerprint density at radius 1 is 1.32 bits per heavy atom. The second-order valence-corrected chi connectivity index (χ2v) is 5.79. The Morgan fingerprint density at radius 3 is 2.84 bits per heavy atom. The molecule has 0 radical (unpaired) electrons. The van der Waals surface area contributed by atoms with Crippen molar-refractivity contribution in [1.82, 2.24) is 9.97 Å². The molecule has 2 aromatic rings. The van der Waals surface area contributed by atoms with E-state index in [-0.39, 0.29) is 6.04 Å². The number of hydrogen-bond donors (Lipinski definition) is 1. The predicted octanol–water partition coefficient (Wildman–Crippen LogP) is 3.31. The van der Waals surface area contributed by atoms with E-state index in [1.54, 1.807) is 18.0 Å². The summed E-state index contributed by atoms with van der Waals surface area (Å²) in [5, 5.41) is 0.763. The van der Waals surface area contributed by atoms with Gasteiger partial charge < -0.3 is 5.73 Å². The molecule has 2 N–H and O–H groups in total. The van der Waals surface area contributed by atoms with E-state index in [0.717, 1.165) is 27.9 Å². The summed E-state index contributed by atoms with van der Waals surface area (Å²) in [7, 11) is 0. The second kappa shape index (κ2) is 6.89. The summed E-state index contributed by atoms with van der Waals surface area (Å²) in [6, 6.07) is 9.80. The average Bonchev–Trinajstić information content (AvgIpc) is 2.37. The molecule has 1 aromatic carbocycles. The molecule has 0 amide bonds. The maximum atomic E-state index is 6.11. The van der Waals surface area contributed by atoms with Gasteiger partial charge in [-0.15, -0.1) is 11.8 Å². The van der Waals surface area contributed by atoms with Gasteiger partial charge in [-0.05, 0) is 25.1 Å². The first-order chi connectivity index (χ1) is 9.15. The van der Waals surface area contributed by atoms with Gasteiger partial charge in [-0.25, -0.2) is 9.97 Å². The van der Waals surface area contributed by atoms with Crippen molar-refractivity contribution >= 4 is 23.4 Å². The Hall–Kier alpha value is -1.10. The molecule has 100 valence electrons. The van der Waals surface area contributed by atoms with Gasteiger partial charge in [0.25, 0.3) is 0 Å². The number of benzene rings is 1. The molecule has 0 saturated heterocycles.